The van der Waals surface area contributed by atoms with Gasteiger partial charge in [0.15, 0.2) is 5.78 Å². The third kappa shape index (κ3) is 5.40. The topological polar surface area (TPSA) is 92.7 Å². The first kappa shape index (κ1) is 17.4. The van der Waals surface area contributed by atoms with Crippen LogP contribution in [0.1, 0.15) is 36.2 Å². The Bertz CT molecular complexity index is 571. The van der Waals surface area contributed by atoms with E-state index in [1.54, 1.807) is 13.8 Å². The lowest BCUT2D eigenvalue weighted by Crippen LogP contribution is -2.12. The molecule has 0 aliphatic heterocycles. The van der Waals surface area contributed by atoms with E-state index in [0.29, 0.717) is 5.56 Å². The van der Waals surface area contributed by atoms with Gasteiger partial charge in [-0.15, -0.1) is 0 Å². The van der Waals surface area contributed by atoms with Gasteiger partial charge in [-0.05, 0) is 19.4 Å². The van der Waals surface area contributed by atoms with E-state index in [4.69, 9.17) is 4.74 Å². The molecule has 1 aromatic rings. The Balaban J connectivity index is 2.76. The quantitative estimate of drug-likeness (QED) is 0.246. The van der Waals surface area contributed by atoms with Crippen LogP contribution in [0.4, 0.5) is 0 Å². The Hall–Kier alpha value is -2.63. The van der Waals surface area contributed by atoms with Crippen LogP contribution in [0.5, 0.6) is 0 Å². The van der Waals surface area contributed by atoms with Gasteiger partial charge in [0.2, 0.25) is 0 Å². The van der Waals surface area contributed by atoms with Crippen molar-refractivity contribution in [2.45, 2.75) is 20.3 Å². The molecule has 0 aliphatic rings. The number of ketones is 1. The second-order valence-corrected chi connectivity index (χ2v) is 4.24. The first-order valence-electron chi connectivity index (χ1n) is 6.82. The van der Waals surface area contributed by atoms with Gasteiger partial charge in [-0.1, -0.05) is 30.0 Å². The average Bonchev–Trinajstić information content (AvgIpc) is 2.47. The minimum atomic E-state index is -0.713. The number of rotatable bonds is 7. The molecule has 0 N–H and O–H groups in total. The predicted molar refractivity (Wildman–Crippen MR) is 76.6 cm³/mol. The van der Waals surface area contributed by atoms with Crippen molar-refractivity contribution in [3.8, 4) is 0 Å². The highest BCUT2D eigenvalue weighted by Crippen LogP contribution is 2.12. The molecule has 0 fully saturated rings. The molecular weight excluding hydrogens is 288 g/mol. The fourth-order valence-corrected chi connectivity index (χ4v) is 1.64. The molecule has 0 bridgehead atoms. The summed E-state index contributed by atoms with van der Waals surface area (Å²) in [6.45, 7) is 3.69. The first-order chi connectivity index (χ1) is 10.5. The van der Waals surface area contributed by atoms with Gasteiger partial charge >= 0.3 is 11.9 Å². The molecule has 0 atom stereocenters. The molecule has 0 saturated heterocycles. The normalized spacial score (nSPS) is 10.9. The van der Waals surface area contributed by atoms with Crippen LogP contribution in [0, 0.1) is 0 Å². The number of carbonyl (C=O) groups excluding carboxylic acids is 3. The third-order valence-corrected chi connectivity index (χ3v) is 2.64. The molecule has 6 nitrogen and oxygen atoms in total. The van der Waals surface area contributed by atoms with E-state index in [1.165, 1.54) is 24.3 Å². The standard InChI is InChI=1S/C16H18O6/c1-3-21-15(19)9-13(17)11-5-7-12(8-6-11)14(18)10-16(20)22-4-2/h5-9,17H,3-4,10H2,1-2H3/p-1/b13-9-. The van der Waals surface area contributed by atoms with E-state index in [0.717, 1.165) is 6.08 Å². The zero-order valence-electron chi connectivity index (χ0n) is 12.5. The second kappa shape index (κ2) is 8.61. The van der Waals surface area contributed by atoms with Gasteiger partial charge in [-0.2, -0.15) is 0 Å². The Labute approximate surface area is 128 Å². The van der Waals surface area contributed by atoms with Crippen molar-refractivity contribution in [3.63, 3.8) is 0 Å². The second-order valence-electron chi connectivity index (χ2n) is 4.24. The highest BCUT2D eigenvalue weighted by Gasteiger charge is 2.12. The summed E-state index contributed by atoms with van der Waals surface area (Å²) in [5.74, 6) is -2.21. The lowest BCUT2D eigenvalue weighted by atomic mass is 10.1. The minimum Gasteiger partial charge on any atom is -0.872 e. The van der Waals surface area contributed by atoms with Gasteiger partial charge in [-0.3, -0.25) is 9.59 Å². The SMILES string of the molecule is CCOC(=O)/C=C(\[O-])c1ccc(C(=O)CC(=O)OCC)cc1. The Morgan fingerprint density at radius 3 is 2.09 bits per heavy atom. The maximum absolute atomic E-state index is 11.8. The van der Waals surface area contributed by atoms with E-state index < -0.39 is 23.5 Å². The Morgan fingerprint density at radius 2 is 1.55 bits per heavy atom. The molecule has 0 amide bonds. The Kier molecular flexibility index (Phi) is 6.82. The minimum absolute atomic E-state index is 0.184. The van der Waals surface area contributed by atoms with Crippen molar-refractivity contribution in [1.29, 1.82) is 0 Å². The van der Waals surface area contributed by atoms with Crippen LogP contribution in [0.15, 0.2) is 30.3 Å². The van der Waals surface area contributed by atoms with Crippen molar-refractivity contribution in [1.82, 2.24) is 0 Å². The molecule has 0 unspecified atom stereocenters. The molecule has 0 saturated carbocycles. The first-order valence-corrected chi connectivity index (χ1v) is 6.82. The number of hydrogen-bond donors (Lipinski definition) is 0. The fourth-order valence-electron chi connectivity index (χ4n) is 1.64. The van der Waals surface area contributed by atoms with Crippen molar-refractivity contribution >= 4 is 23.5 Å². The molecule has 0 radical (unpaired) electrons. The van der Waals surface area contributed by atoms with E-state index in [2.05, 4.69) is 4.74 Å². The summed E-state index contributed by atoms with van der Waals surface area (Å²) in [5.41, 5.74) is 0.543. The van der Waals surface area contributed by atoms with Crippen LogP contribution in [-0.2, 0) is 19.1 Å². The maximum Gasteiger partial charge on any atom is 0.330 e. The van der Waals surface area contributed by atoms with Crippen molar-refractivity contribution in [2.24, 2.45) is 0 Å². The largest absolute Gasteiger partial charge is 0.872 e. The summed E-state index contributed by atoms with van der Waals surface area (Å²) in [4.78, 5) is 34.2. The lowest BCUT2D eigenvalue weighted by molar-refractivity contribution is -0.244. The smallest absolute Gasteiger partial charge is 0.330 e. The van der Waals surface area contributed by atoms with Crippen molar-refractivity contribution in [2.75, 3.05) is 13.2 Å². The van der Waals surface area contributed by atoms with E-state index >= 15 is 0 Å². The highest BCUT2D eigenvalue weighted by molar-refractivity contribution is 6.06. The van der Waals surface area contributed by atoms with Crippen LogP contribution in [0.25, 0.3) is 5.76 Å². The predicted octanol–water partition coefficient (Wildman–Crippen LogP) is 1.09. The zero-order chi connectivity index (χ0) is 16.5. The molecule has 6 heteroatoms. The number of ether oxygens (including phenoxy) is 2. The van der Waals surface area contributed by atoms with Gasteiger partial charge in [0.1, 0.15) is 6.42 Å². The molecule has 22 heavy (non-hydrogen) atoms. The van der Waals surface area contributed by atoms with Gasteiger partial charge in [0.25, 0.3) is 0 Å². The average molecular weight is 305 g/mol. The third-order valence-electron chi connectivity index (χ3n) is 2.64. The van der Waals surface area contributed by atoms with Crippen molar-refractivity contribution in [3.05, 3.63) is 41.5 Å². The summed E-state index contributed by atoms with van der Waals surface area (Å²) in [7, 11) is 0. The van der Waals surface area contributed by atoms with Crippen LogP contribution < -0.4 is 5.11 Å². The van der Waals surface area contributed by atoms with Crippen LogP contribution in [-0.4, -0.2) is 30.9 Å². The summed E-state index contributed by atoms with van der Waals surface area (Å²) >= 11 is 0. The molecule has 0 aliphatic carbocycles. The van der Waals surface area contributed by atoms with Crippen LogP contribution in [0.3, 0.4) is 0 Å². The van der Waals surface area contributed by atoms with Crippen LogP contribution in [0.2, 0.25) is 0 Å². The molecule has 0 spiro atoms. The summed E-state index contributed by atoms with van der Waals surface area (Å²) in [5, 5.41) is 11.8. The molecule has 1 aromatic carbocycles. The molecular formula is C16H17O6-. The van der Waals surface area contributed by atoms with Crippen molar-refractivity contribution < 1.29 is 29.0 Å². The van der Waals surface area contributed by atoms with Gasteiger partial charge in [0, 0.05) is 11.6 Å². The molecule has 0 aromatic heterocycles. The summed E-state index contributed by atoms with van der Waals surface area (Å²) in [6, 6.07) is 5.68. The van der Waals surface area contributed by atoms with E-state index in [9.17, 15) is 19.5 Å². The Morgan fingerprint density at radius 1 is 1.00 bits per heavy atom. The highest BCUT2D eigenvalue weighted by atomic mass is 16.5. The summed E-state index contributed by atoms with van der Waals surface area (Å²) in [6.07, 6.45) is 0.495. The lowest BCUT2D eigenvalue weighted by Gasteiger charge is -2.12. The van der Waals surface area contributed by atoms with E-state index in [-0.39, 0.29) is 25.2 Å². The molecule has 0 heterocycles. The monoisotopic (exact) mass is 305 g/mol. The van der Waals surface area contributed by atoms with E-state index in [1.807, 2.05) is 0 Å². The summed E-state index contributed by atoms with van der Waals surface area (Å²) < 4.78 is 9.33. The van der Waals surface area contributed by atoms with Crippen LogP contribution >= 0.6 is 0 Å². The zero-order valence-corrected chi connectivity index (χ0v) is 12.5. The van der Waals surface area contributed by atoms with Gasteiger partial charge in [-0.25, -0.2) is 4.79 Å². The van der Waals surface area contributed by atoms with Gasteiger partial charge in [0.05, 0.1) is 13.2 Å². The van der Waals surface area contributed by atoms with Gasteiger partial charge < -0.3 is 14.6 Å². The number of benzene rings is 1. The fraction of sp³-hybridized carbons (Fsp3) is 0.312. The number of esters is 2. The number of carbonyl (C=O) groups is 3. The number of hydrogen-bond acceptors (Lipinski definition) is 6. The maximum atomic E-state index is 11.8. The molecule has 1 rings (SSSR count). The number of Topliss-reactive ketones (excluding diaryl/α,β-unsaturated/α-hetero) is 1. The molecule has 118 valence electrons.